The topological polar surface area (TPSA) is 52.6 Å². The Morgan fingerprint density at radius 1 is 1.64 bits per heavy atom. The molecule has 0 heterocycles. The lowest BCUT2D eigenvalue weighted by Gasteiger charge is -2.17. The second kappa shape index (κ2) is 7.53. The number of carbonyl (C=O) groups is 1. The molecule has 0 saturated heterocycles. The highest BCUT2D eigenvalue weighted by molar-refractivity contribution is 5.80. The average Bonchev–Trinajstić information content (AvgIpc) is 2.12. The number of hydrogen-bond acceptors (Lipinski definition) is 4. The van der Waals surface area contributed by atoms with Crippen molar-refractivity contribution in [2.75, 3.05) is 0 Å². The lowest BCUT2D eigenvalue weighted by molar-refractivity contribution is -0.130. The molecule has 0 aliphatic heterocycles. The highest BCUT2D eigenvalue weighted by atomic mass is 16.5. The van der Waals surface area contributed by atoms with Gasteiger partial charge >= 0.3 is 0 Å². The Hall–Kier alpha value is -0.870. The summed E-state index contributed by atoms with van der Waals surface area (Å²) in [7, 11) is 0. The fourth-order valence-electron chi connectivity index (χ4n) is 0.829. The number of nitrogens with zero attached hydrogens (tertiary/aromatic N) is 1. The van der Waals surface area contributed by atoms with Gasteiger partial charge in [-0.1, -0.05) is 25.8 Å². The molecule has 0 fully saturated rings. The van der Waals surface area contributed by atoms with Crippen LogP contribution in [0.4, 0.5) is 0 Å². The first-order valence-electron chi connectivity index (χ1n) is 4.99. The molecular formula is C10H20N2O2. The molecule has 82 valence electrons. The summed E-state index contributed by atoms with van der Waals surface area (Å²) in [5.41, 5.74) is 2.61. The maximum absolute atomic E-state index is 10.8. The minimum absolute atomic E-state index is 0.00833. The lowest BCUT2D eigenvalue weighted by Crippen LogP contribution is -2.41. The van der Waals surface area contributed by atoms with Crippen molar-refractivity contribution in [3.63, 3.8) is 0 Å². The van der Waals surface area contributed by atoms with Crippen molar-refractivity contribution in [1.82, 2.24) is 10.6 Å². The van der Waals surface area contributed by atoms with Crippen LogP contribution in [0, 0.1) is 0 Å². The van der Waals surface area contributed by atoms with Crippen molar-refractivity contribution >= 4 is 5.78 Å². The van der Waals surface area contributed by atoms with Crippen LogP contribution in [0.2, 0.25) is 0 Å². The van der Waals surface area contributed by atoms with E-state index >= 15 is 0 Å². The summed E-state index contributed by atoms with van der Waals surface area (Å²) in [6.07, 6.45) is 6.56. The van der Waals surface area contributed by atoms with E-state index in [0.29, 0.717) is 0 Å². The molecule has 0 rings (SSSR count). The third kappa shape index (κ3) is 6.62. The van der Waals surface area contributed by atoms with E-state index in [4.69, 9.17) is 0 Å². The Bertz CT molecular complexity index is 193. The normalized spacial score (nSPS) is 13.1. The van der Waals surface area contributed by atoms with Crippen LogP contribution in [0.3, 0.4) is 0 Å². The Morgan fingerprint density at radius 3 is 2.79 bits per heavy atom. The summed E-state index contributed by atoms with van der Waals surface area (Å²) in [5, 5.41) is 10.1. The van der Waals surface area contributed by atoms with Crippen LogP contribution >= 0.6 is 0 Å². The molecule has 0 aromatic rings. The summed E-state index contributed by atoms with van der Waals surface area (Å²) in [6, 6.07) is -0.365. The van der Waals surface area contributed by atoms with Crippen molar-refractivity contribution in [2.45, 2.75) is 46.1 Å². The zero-order valence-electron chi connectivity index (χ0n) is 9.16. The van der Waals surface area contributed by atoms with Crippen LogP contribution in [0.25, 0.3) is 0 Å². The Morgan fingerprint density at radius 2 is 2.29 bits per heavy atom. The highest BCUT2D eigenvalue weighted by Crippen LogP contribution is 1.95. The molecule has 4 heteroatoms. The van der Waals surface area contributed by atoms with Crippen LogP contribution in [-0.4, -0.2) is 22.2 Å². The number of carbonyl (C=O) groups excluding carboxylic acids is 1. The summed E-state index contributed by atoms with van der Waals surface area (Å²) < 4.78 is 0. The lowest BCUT2D eigenvalue weighted by atomic mass is 10.2. The Labute approximate surface area is 85.5 Å². The maximum Gasteiger partial charge on any atom is 0.148 e. The van der Waals surface area contributed by atoms with E-state index in [-0.39, 0.29) is 11.8 Å². The predicted molar refractivity (Wildman–Crippen MR) is 55.6 cm³/mol. The van der Waals surface area contributed by atoms with Gasteiger partial charge in [-0.2, -0.15) is 10.6 Å². The van der Waals surface area contributed by atoms with Crippen LogP contribution in [-0.2, 0) is 4.79 Å². The maximum atomic E-state index is 10.8. The number of hydrazine groups is 1. The van der Waals surface area contributed by atoms with Gasteiger partial charge in [-0.05, 0) is 20.3 Å². The van der Waals surface area contributed by atoms with Crippen LogP contribution in [0.5, 0.6) is 0 Å². The first-order valence-corrected chi connectivity index (χ1v) is 4.99. The SMILES string of the molecule is CCCCC=CN(O)NC(C)C(C)=O. The largest absolute Gasteiger partial charge is 0.298 e. The van der Waals surface area contributed by atoms with E-state index in [1.54, 1.807) is 6.92 Å². The molecule has 0 aromatic carbocycles. The first-order chi connectivity index (χ1) is 6.57. The van der Waals surface area contributed by atoms with E-state index in [0.717, 1.165) is 24.4 Å². The molecule has 4 nitrogen and oxygen atoms in total. The standard InChI is InChI=1S/C10H20N2O2/c1-4-5-6-7-8-12(14)11-9(2)10(3)13/h7-9,11,14H,4-6H2,1-3H3. The van der Waals surface area contributed by atoms with Gasteiger partial charge in [0, 0.05) is 6.20 Å². The van der Waals surface area contributed by atoms with Crippen molar-refractivity contribution in [1.29, 1.82) is 0 Å². The molecule has 0 spiro atoms. The van der Waals surface area contributed by atoms with Gasteiger partial charge in [0.1, 0.15) is 5.78 Å². The second-order valence-corrected chi connectivity index (χ2v) is 3.33. The molecule has 0 amide bonds. The fourth-order valence-corrected chi connectivity index (χ4v) is 0.829. The quantitative estimate of drug-likeness (QED) is 0.486. The highest BCUT2D eigenvalue weighted by Gasteiger charge is 2.07. The number of allylic oxidation sites excluding steroid dienone is 1. The van der Waals surface area contributed by atoms with Crippen molar-refractivity contribution in [3.8, 4) is 0 Å². The minimum Gasteiger partial charge on any atom is -0.298 e. The molecule has 2 N–H and O–H groups in total. The van der Waals surface area contributed by atoms with Crippen molar-refractivity contribution in [3.05, 3.63) is 12.3 Å². The fraction of sp³-hybridized carbons (Fsp3) is 0.700. The number of hydrogen-bond donors (Lipinski definition) is 2. The van der Waals surface area contributed by atoms with Crippen LogP contribution < -0.4 is 5.43 Å². The van der Waals surface area contributed by atoms with Crippen molar-refractivity contribution in [2.24, 2.45) is 0 Å². The van der Waals surface area contributed by atoms with Gasteiger partial charge in [0.15, 0.2) is 0 Å². The van der Waals surface area contributed by atoms with Crippen LogP contribution in [0.15, 0.2) is 12.3 Å². The van der Waals surface area contributed by atoms with Gasteiger partial charge < -0.3 is 0 Å². The molecular weight excluding hydrogens is 180 g/mol. The van der Waals surface area contributed by atoms with E-state index in [9.17, 15) is 10.0 Å². The molecule has 0 bridgehead atoms. The van der Waals surface area contributed by atoms with Crippen LogP contribution in [0.1, 0.15) is 40.0 Å². The Balaban J connectivity index is 3.68. The Kier molecular flexibility index (Phi) is 7.06. The van der Waals surface area contributed by atoms with Gasteiger partial charge in [-0.15, -0.1) is 0 Å². The van der Waals surface area contributed by atoms with Gasteiger partial charge in [-0.25, -0.2) is 0 Å². The van der Waals surface area contributed by atoms with E-state index in [1.807, 2.05) is 6.08 Å². The predicted octanol–water partition coefficient (Wildman–Crippen LogP) is 1.86. The monoisotopic (exact) mass is 200 g/mol. The smallest absolute Gasteiger partial charge is 0.148 e. The third-order valence-electron chi connectivity index (χ3n) is 1.91. The second-order valence-electron chi connectivity index (χ2n) is 3.33. The molecule has 0 radical (unpaired) electrons. The van der Waals surface area contributed by atoms with E-state index < -0.39 is 0 Å². The summed E-state index contributed by atoms with van der Waals surface area (Å²) in [5.74, 6) is -0.00833. The number of ketones is 1. The third-order valence-corrected chi connectivity index (χ3v) is 1.91. The molecule has 1 atom stereocenters. The minimum atomic E-state index is -0.365. The zero-order valence-corrected chi connectivity index (χ0v) is 9.16. The van der Waals surface area contributed by atoms with Crippen molar-refractivity contribution < 1.29 is 10.0 Å². The summed E-state index contributed by atoms with van der Waals surface area (Å²) >= 11 is 0. The number of nitrogens with one attached hydrogen (secondary N) is 1. The summed E-state index contributed by atoms with van der Waals surface area (Å²) in [4.78, 5) is 10.8. The number of rotatable bonds is 7. The number of hydroxylamine groups is 1. The molecule has 0 aliphatic carbocycles. The number of Topliss-reactive ketones (excluding diaryl/α,β-unsaturated/α-hetero) is 1. The molecule has 1 unspecified atom stereocenters. The first kappa shape index (κ1) is 13.1. The zero-order chi connectivity index (χ0) is 11.0. The molecule has 14 heavy (non-hydrogen) atoms. The number of unbranched alkanes of at least 4 members (excludes halogenated alkanes) is 2. The molecule has 0 aromatic heterocycles. The van der Waals surface area contributed by atoms with Gasteiger partial charge in [-0.3, -0.25) is 10.0 Å². The molecule has 0 aliphatic rings. The van der Waals surface area contributed by atoms with Gasteiger partial charge in [0.25, 0.3) is 0 Å². The van der Waals surface area contributed by atoms with Gasteiger partial charge in [0.2, 0.25) is 0 Å². The summed E-state index contributed by atoms with van der Waals surface area (Å²) in [6.45, 7) is 5.29. The van der Waals surface area contributed by atoms with Gasteiger partial charge in [0.05, 0.1) is 6.04 Å². The molecule has 0 saturated carbocycles. The van der Waals surface area contributed by atoms with E-state index in [1.165, 1.54) is 13.1 Å². The average molecular weight is 200 g/mol. The van der Waals surface area contributed by atoms with E-state index in [2.05, 4.69) is 12.3 Å².